The number of likely N-dealkylation sites (tertiary alicyclic amines) is 1. The molecule has 0 N–H and O–H groups in total. The topological polar surface area (TPSA) is 80.0 Å². The number of carbonyl (C=O) groups is 1. The Labute approximate surface area is 124 Å². The molecule has 0 atom stereocenters. The van der Waals surface area contributed by atoms with Gasteiger partial charge in [0.25, 0.3) is 0 Å². The molecule has 102 valence electrons. The number of hydrogen-bond acceptors (Lipinski definition) is 1. The van der Waals surface area contributed by atoms with Gasteiger partial charge in [0.15, 0.2) is 0 Å². The van der Waals surface area contributed by atoms with Gasteiger partial charge in [-0.1, -0.05) is 0 Å². The zero-order chi connectivity index (χ0) is 14.4. The summed E-state index contributed by atoms with van der Waals surface area (Å²) in [6.45, 7) is 14.4. The van der Waals surface area contributed by atoms with Crippen LogP contribution in [0.2, 0.25) is 0 Å². The third-order valence-electron chi connectivity index (χ3n) is 2.41. The average Bonchev–Trinajstić information content (AvgIpc) is 2.92. The Balaban J connectivity index is -0.000000325. The predicted octanol–water partition coefficient (Wildman–Crippen LogP) is 1.43. The molecular formula is C13H13FeNO4. The molecule has 0 aromatic rings. The number of hydrogen-bond donors (Lipinski definition) is 0. The van der Waals surface area contributed by atoms with Gasteiger partial charge < -0.3 is 4.90 Å². The number of nitrogens with zero attached hydrogens (tertiary/aromatic N) is 1. The van der Waals surface area contributed by atoms with Gasteiger partial charge in [-0.25, -0.2) is 0 Å². The van der Waals surface area contributed by atoms with Crippen molar-refractivity contribution in [2.24, 2.45) is 0 Å². The Morgan fingerprint density at radius 1 is 1.05 bits per heavy atom. The Bertz CT molecular complexity index is 268. The first kappa shape index (κ1) is 23.3. The monoisotopic (exact) mass is 303 g/mol. The Kier molecular flexibility index (Phi) is 21.1. The number of rotatable bonds is 1. The van der Waals surface area contributed by atoms with E-state index in [1.807, 2.05) is 11.3 Å². The van der Waals surface area contributed by atoms with E-state index in [1.54, 1.807) is 0 Å². The summed E-state index contributed by atoms with van der Waals surface area (Å²) >= 11 is 0. The minimum atomic E-state index is 0. The van der Waals surface area contributed by atoms with Gasteiger partial charge in [-0.2, -0.15) is 0 Å². The van der Waals surface area contributed by atoms with Gasteiger partial charge in [-0.05, 0) is 38.5 Å². The second kappa shape index (κ2) is 17.2. The first-order valence-corrected chi connectivity index (χ1v) is 5.15. The van der Waals surface area contributed by atoms with Crippen molar-refractivity contribution in [3.05, 3.63) is 45.3 Å². The minimum absolute atomic E-state index is 0. The molecule has 2 fully saturated rings. The van der Waals surface area contributed by atoms with Crippen LogP contribution in [0.4, 0.5) is 0 Å². The molecule has 1 saturated heterocycles. The molecule has 2 rings (SSSR count). The van der Waals surface area contributed by atoms with Crippen LogP contribution in [0.1, 0.15) is 25.7 Å². The SMILES string of the molecule is O=C1CCCN1[C]1[CH][CH][CH]CC1.[C-]#[O+].[C-]#[O+].[C-]#[O+].[Fe]. The predicted molar refractivity (Wildman–Crippen MR) is 58.1 cm³/mol. The van der Waals surface area contributed by atoms with E-state index in [0.29, 0.717) is 5.91 Å². The van der Waals surface area contributed by atoms with Gasteiger partial charge in [0.05, 0.1) is 6.04 Å². The molecule has 2 aliphatic rings. The van der Waals surface area contributed by atoms with Crippen molar-refractivity contribution in [2.45, 2.75) is 25.7 Å². The normalized spacial score (nSPS) is 17.2. The summed E-state index contributed by atoms with van der Waals surface area (Å²) in [5.74, 6) is 0.302. The molecule has 1 saturated carbocycles. The van der Waals surface area contributed by atoms with Crippen molar-refractivity contribution in [3.8, 4) is 0 Å². The molecule has 1 aliphatic carbocycles. The van der Waals surface area contributed by atoms with E-state index in [9.17, 15) is 4.79 Å². The van der Waals surface area contributed by atoms with Crippen molar-refractivity contribution in [1.82, 2.24) is 4.90 Å². The standard InChI is InChI=1S/C10H13NO.3CO.Fe/c12-10-7-4-8-11(10)9-5-2-1-3-6-9;3*1-2;/h1-2,5H,3-4,6-8H2;;;;. The van der Waals surface area contributed by atoms with E-state index in [1.165, 1.54) is 6.04 Å². The first-order chi connectivity index (χ1) is 8.88. The van der Waals surface area contributed by atoms with Crippen LogP contribution in [0.15, 0.2) is 0 Å². The molecule has 19 heavy (non-hydrogen) atoms. The van der Waals surface area contributed by atoms with E-state index in [-0.39, 0.29) is 17.1 Å². The van der Waals surface area contributed by atoms with Gasteiger partial charge >= 0.3 is 33.9 Å². The summed E-state index contributed by atoms with van der Waals surface area (Å²) in [6, 6.07) is 1.21. The smallest absolute Gasteiger partial charge is 0 e. The van der Waals surface area contributed by atoms with Gasteiger partial charge in [0.2, 0.25) is 5.91 Å². The van der Waals surface area contributed by atoms with Crippen molar-refractivity contribution >= 4 is 5.91 Å². The summed E-state index contributed by atoms with van der Waals surface area (Å²) in [7, 11) is 0. The number of amides is 1. The molecule has 0 unspecified atom stereocenters. The summed E-state index contributed by atoms with van der Waals surface area (Å²) in [5.41, 5.74) is 0. The van der Waals surface area contributed by atoms with E-state index < -0.39 is 0 Å². The molecule has 0 aromatic heterocycles. The van der Waals surface area contributed by atoms with Crippen LogP contribution in [0, 0.1) is 45.3 Å². The second-order valence-corrected chi connectivity index (χ2v) is 3.27. The van der Waals surface area contributed by atoms with Crippen molar-refractivity contribution in [2.75, 3.05) is 6.54 Å². The van der Waals surface area contributed by atoms with Gasteiger partial charge in [-0.3, -0.25) is 4.79 Å². The molecule has 4 radical (unpaired) electrons. The average molecular weight is 303 g/mol. The van der Waals surface area contributed by atoms with Crippen LogP contribution in [0.3, 0.4) is 0 Å². The Morgan fingerprint density at radius 3 is 2.00 bits per heavy atom. The van der Waals surface area contributed by atoms with Crippen LogP contribution in [-0.2, 0) is 35.8 Å². The third-order valence-corrected chi connectivity index (χ3v) is 2.41. The summed E-state index contributed by atoms with van der Waals surface area (Å²) in [6.07, 6.45) is 10.1. The molecule has 0 spiro atoms. The zero-order valence-corrected chi connectivity index (χ0v) is 11.3. The first-order valence-electron chi connectivity index (χ1n) is 5.15. The quantitative estimate of drug-likeness (QED) is 0.410. The van der Waals surface area contributed by atoms with Crippen LogP contribution in [0.25, 0.3) is 0 Å². The molecule has 6 heteroatoms. The largest absolute Gasteiger partial charge is 0 e. The van der Waals surface area contributed by atoms with E-state index in [4.69, 9.17) is 14.0 Å². The maximum Gasteiger partial charge on any atom is 0 e. The van der Waals surface area contributed by atoms with Gasteiger partial charge in [-0.15, -0.1) is 0 Å². The molecule has 1 aliphatic heterocycles. The molecule has 1 amide bonds. The summed E-state index contributed by atoms with van der Waals surface area (Å²) in [5, 5.41) is 0. The van der Waals surface area contributed by atoms with Crippen LogP contribution >= 0.6 is 0 Å². The maximum absolute atomic E-state index is 11.3. The van der Waals surface area contributed by atoms with E-state index in [0.717, 1.165) is 32.2 Å². The van der Waals surface area contributed by atoms with Crippen LogP contribution in [-0.4, -0.2) is 17.4 Å². The molecule has 0 bridgehead atoms. The molecule has 0 aromatic carbocycles. The van der Waals surface area contributed by atoms with E-state index in [2.05, 4.69) is 32.8 Å². The summed E-state index contributed by atoms with van der Waals surface area (Å²) in [4.78, 5) is 13.3. The maximum atomic E-state index is 11.3. The molecular weight excluding hydrogens is 290 g/mol. The van der Waals surface area contributed by atoms with Gasteiger partial charge in [0.1, 0.15) is 0 Å². The van der Waals surface area contributed by atoms with Gasteiger partial charge in [0, 0.05) is 30.0 Å². The summed E-state index contributed by atoms with van der Waals surface area (Å²) < 4.78 is 22.5. The third kappa shape index (κ3) is 8.85. The van der Waals surface area contributed by atoms with Crippen molar-refractivity contribution in [1.29, 1.82) is 0 Å². The minimum Gasteiger partial charge on any atom is 0 e. The molecule has 5 nitrogen and oxygen atoms in total. The van der Waals surface area contributed by atoms with E-state index >= 15 is 0 Å². The van der Waals surface area contributed by atoms with Crippen molar-refractivity contribution in [3.63, 3.8) is 0 Å². The Hall–Kier alpha value is -0.791. The second-order valence-electron chi connectivity index (χ2n) is 3.27. The van der Waals surface area contributed by atoms with Crippen LogP contribution in [0.5, 0.6) is 0 Å². The fourth-order valence-corrected chi connectivity index (χ4v) is 1.77. The van der Waals surface area contributed by atoms with Crippen molar-refractivity contribution < 1.29 is 35.8 Å². The fraction of sp³-hybridized carbons (Fsp3) is 0.385. The molecule has 1 heterocycles. The zero-order valence-electron chi connectivity index (χ0n) is 10.2. The number of carbonyl (C=O) groups excluding carboxylic acids is 1. The van der Waals surface area contributed by atoms with Crippen LogP contribution < -0.4 is 0 Å². The fourth-order valence-electron chi connectivity index (χ4n) is 1.77. The Morgan fingerprint density at radius 2 is 1.63 bits per heavy atom.